The van der Waals surface area contributed by atoms with Crippen molar-refractivity contribution in [1.82, 2.24) is 0 Å². The van der Waals surface area contributed by atoms with Crippen LogP contribution in [0.25, 0.3) is 0 Å². The van der Waals surface area contributed by atoms with Crippen LogP contribution < -0.4 is 4.73 Å². The minimum atomic E-state index is -4.54. The van der Waals surface area contributed by atoms with Crippen molar-refractivity contribution in [1.29, 1.82) is 0 Å². The molecule has 0 aliphatic heterocycles. The fraction of sp³-hybridized carbons (Fsp3) is 0.167. The van der Waals surface area contributed by atoms with Gasteiger partial charge in [-0.3, -0.25) is 5.21 Å². The van der Waals surface area contributed by atoms with E-state index in [1.54, 1.807) is 0 Å². The van der Waals surface area contributed by atoms with Gasteiger partial charge in [-0.2, -0.15) is 13.2 Å². The van der Waals surface area contributed by atoms with Crippen molar-refractivity contribution in [3.63, 3.8) is 0 Å². The number of hydrogen-bond donors (Lipinski definition) is 1. The number of nitrogens with zero attached hydrogens (tertiary/aromatic N) is 1. The van der Waals surface area contributed by atoms with Crippen molar-refractivity contribution in [3.05, 3.63) is 29.0 Å². The predicted octanol–water partition coefficient (Wildman–Crippen LogP) is 1.88. The van der Waals surface area contributed by atoms with Gasteiger partial charge in [0.05, 0.1) is 0 Å². The zero-order valence-corrected chi connectivity index (χ0v) is 6.39. The molecule has 1 heterocycles. The third kappa shape index (κ3) is 1.61. The lowest BCUT2D eigenvalue weighted by molar-refractivity contribution is -0.903. The number of alkyl halides is 3. The van der Waals surface area contributed by atoms with E-state index < -0.39 is 16.9 Å². The molecule has 2 nitrogen and oxygen atoms in total. The molecule has 0 saturated carbocycles. The van der Waals surface area contributed by atoms with Gasteiger partial charge in [0.1, 0.15) is 5.56 Å². The summed E-state index contributed by atoms with van der Waals surface area (Å²) < 4.78 is 36.3. The molecule has 1 rings (SSSR count). The molecule has 0 spiro atoms. The first kappa shape index (κ1) is 9.12. The lowest BCUT2D eigenvalue weighted by Gasteiger charge is -2.03. The van der Waals surface area contributed by atoms with Crippen molar-refractivity contribution in [3.8, 4) is 0 Å². The lowest BCUT2D eigenvalue weighted by atomic mass is 10.3. The maximum Gasteiger partial charge on any atom is 0.423 e. The second-order valence-electron chi connectivity index (χ2n) is 2.06. The summed E-state index contributed by atoms with van der Waals surface area (Å²) in [6.45, 7) is 0. The van der Waals surface area contributed by atoms with E-state index in [9.17, 15) is 13.2 Å². The molecule has 0 aliphatic rings. The van der Waals surface area contributed by atoms with Gasteiger partial charge in [-0.1, -0.05) is 0 Å². The van der Waals surface area contributed by atoms with Crippen molar-refractivity contribution >= 4 is 11.6 Å². The maximum absolute atomic E-state index is 12.0. The maximum atomic E-state index is 12.0. The smallest absolute Gasteiger partial charge is 0.284 e. The summed E-state index contributed by atoms with van der Waals surface area (Å²) in [5, 5.41) is 8.00. The second kappa shape index (κ2) is 2.82. The molecule has 0 fully saturated rings. The van der Waals surface area contributed by atoms with Gasteiger partial charge in [0, 0.05) is 10.8 Å². The average molecular weight is 199 g/mol. The van der Waals surface area contributed by atoms with Gasteiger partial charge in [-0.15, -0.1) is 0 Å². The zero-order chi connectivity index (χ0) is 9.35. The van der Waals surface area contributed by atoms with Crippen molar-refractivity contribution in [2.75, 3.05) is 0 Å². The summed E-state index contributed by atoms with van der Waals surface area (Å²) in [6, 6.07) is 1.84. The minimum absolute atomic E-state index is 0.213. The van der Waals surface area contributed by atoms with Crippen LogP contribution in [0.5, 0.6) is 0 Å². The third-order valence-corrected chi connectivity index (χ3v) is 1.60. The molecule has 0 radical (unpaired) electrons. The van der Waals surface area contributed by atoms with Crippen LogP contribution in [0.4, 0.5) is 13.2 Å². The van der Waals surface area contributed by atoms with E-state index in [-0.39, 0.29) is 4.73 Å². The summed E-state index contributed by atoms with van der Waals surface area (Å²) in [7, 11) is 0. The molecule has 0 amide bonds. The summed E-state index contributed by atoms with van der Waals surface area (Å²) in [4.78, 5) is 0. The standard InChI is InChI=1S/C6H4ClF3NO/c7-5-4(6(8,9)10)2-1-3-11(5)12/h1-3,12H/q+1. The largest absolute Gasteiger partial charge is 0.423 e. The van der Waals surface area contributed by atoms with E-state index in [1.165, 1.54) is 0 Å². The Hall–Kier alpha value is -0.970. The van der Waals surface area contributed by atoms with Gasteiger partial charge in [0.15, 0.2) is 0 Å². The summed E-state index contributed by atoms with van der Waals surface area (Å²) in [6.07, 6.45) is -3.53. The molecule has 0 aromatic carbocycles. The van der Waals surface area contributed by atoms with Crippen LogP contribution in [0.2, 0.25) is 5.15 Å². The van der Waals surface area contributed by atoms with Crippen LogP contribution in [-0.2, 0) is 6.18 Å². The summed E-state index contributed by atoms with van der Waals surface area (Å²) in [5.41, 5.74) is -1.06. The van der Waals surface area contributed by atoms with E-state index in [2.05, 4.69) is 0 Å². The molecule has 66 valence electrons. The summed E-state index contributed by atoms with van der Waals surface area (Å²) in [5.74, 6) is 0. The molecular formula is C6H4ClF3NO+. The molecule has 0 bridgehead atoms. The highest BCUT2D eigenvalue weighted by Gasteiger charge is 2.37. The summed E-state index contributed by atoms with van der Waals surface area (Å²) >= 11 is 5.17. The first-order valence-electron chi connectivity index (χ1n) is 2.89. The van der Waals surface area contributed by atoms with Crippen LogP contribution in [0.3, 0.4) is 0 Å². The quantitative estimate of drug-likeness (QED) is 0.384. The Morgan fingerprint density at radius 3 is 2.42 bits per heavy atom. The predicted molar refractivity (Wildman–Crippen MR) is 33.8 cm³/mol. The highest BCUT2D eigenvalue weighted by Crippen LogP contribution is 2.32. The molecule has 0 aliphatic carbocycles. The van der Waals surface area contributed by atoms with E-state index in [4.69, 9.17) is 16.8 Å². The van der Waals surface area contributed by atoms with Crippen molar-refractivity contribution in [2.45, 2.75) is 6.18 Å². The molecule has 0 unspecified atom stereocenters. The van der Waals surface area contributed by atoms with Crippen LogP contribution in [0.15, 0.2) is 18.3 Å². The Labute approximate surface area is 70.8 Å². The zero-order valence-electron chi connectivity index (χ0n) is 5.64. The molecular weight excluding hydrogens is 195 g/mol. The average Bonchev–Trinajstić information content (AvgIpc) is 1.92. The van der Waals surface area contributed by atoms with Gasteiger partial charge < -0.3 is 0 Å². The second-order valence-corrected chi connectivity index (χ2v) is 2.41. The Bertz CT molecular complexity index is 299. The molecule has 6 heteroatoms. The number of halogens is 4. The van der Waals surface area contributed by atoms with Gasteiger partial charge in [0.2, 0.25) is 6.20 Å². The normalized spacial score (nSPS) is 11.7. The third-order valence-electron chi connectivity index (χ3n) is 1.22. The van der Waals surface area contributed by atoms with E-state index in [0.29, 0.717) is 0 Å². The Balaban J connectivity index is 3.26. The van der Waals surface area contributed by atoms with Gasteiger partial charge in [-0.25, -0.2) is 0 Å². The highest BCUT2D eigenvalue weighted by atomic mass is 35.5. The number of pyridine rings is 1. The number of aromatic nitrogens is 1. The lowest BCUT2D eigenvalue weighted by Crippen LogP contribution is -2.33. The number of hydrogen-bond acceptors (Lipinski definition) is 1. The molecule has 1 aromatic rings. The van der Waals surface area contributed by atoms with Gasteiger partial charge >= 0.3 is 11.3 Å². The molecule has 0 saturated heterocycles. The highest BCUT2D eigenvalue weighted by molar-refractivity contribution is 6.29. The van der Waals surface area contributed by atoms with E-state index >= 15 is 0 Å². The van der Waals surface area contributed by atoms with Crippen LogP contribution in [-0.4, -0.2) is 5.21 Å². The van der Waals surface area contributed by atoms with Gasteiger partial charge in [-0.05, 0) is 17.7 Å². The first-order valence-corrected chi connectivity index (χ1v) is 3.27. The van der Waals surface area contributed by atoms with Crippen LogP contribution >= 0.6 is 11.6 Å². The first-order chi connectivity index (χ1) is 5.43. The Morgan fingerprint density at radius 1 is 1.42 bits per heavy atom. The van der Waals surface area contributed by atoms with Crippen LogP contribution in [0.1, 0.15) is 5.56 Å². The van der Waals surface area contributed by atoms with Crippen molar-refractivity contribution in [2.24, 2.45) is 0 Å². The molecule has 12 heavy (non-hydrogen) atoms. The monoisotopic (exact) mass is 198 g/mol. The Morgan fingerprint density at radius 2 is 2.00 bits per heavy atom. The SMILES string of the molecule is O[n+]1cccc(C(F)(F)F)c1Cl. The topological polar surface area (TPSA) is 24.1 Å². The van der Waals surface area contributed by atoms with Crippen molar-refractivity contribution < 1.29 is 23.1 Å². The molecule has 1 N–H and O–H groups in total. The van der Waals surface area contributed by atoms with E-state index in [1.807, 2.05) is 0 Å². The molecule has 1 aromatic heterocycles. The fourth-order valence-corrected chi connectivity index (χ4v) is 0.916. The fourth-order valence-electron chi connectivity index (χ4n) is 0.690. The Kier molecular flexibility index (Phi) is 2.14. The van der Waals surface area contributed by atoms with E-state index in [0.717, 1.165) is 18.3 Å². The van der Waals surface area contributed by atoms with Crippen LogP contribution in [0, 0.1) is 0 Å². The molecule has 0 atom stereocenters. The van der Waals surface area contributed by atoms with Gasteiger partial charge in [0.25, 0.3) is 0 Å². The number of rotatable bonds is 0. The minimum Gasteiger partial charge on any atom is -0.284 e.